The fourth-order valence-electron chi connectivity index (χ4n) is 1.45. The van der Waals surface area contributed by atoms with Gasteiger partial charge in [0.2, 0.25) is 0 Å². The van der Waals surface area contributed by atoms with E-state index in [1.165, 1.54) is 6.08 Å². The number of imide groups is 1. The van der Waals surface area contributed by atoms with E-state index in [1.54, 1.807) is 20.8 Å². The van der Waals surface area contributed by atoms with Crippen LogP contribution in [0.4, 0.5) is 0 Å². The summed E-state index contributed by atoms with van der Waals surface area (Å²) in [4.78, 5) is 24.2. The zero-order chi connectivity index (χ0) is 10.9. The van der Waals surface area contributed by atoms with Gasteiger partial charge < -0.3 is 5.11 Å². The largest absolute Gasteiger partial charge is 0.388 e. The number of carbonyl (C=O) groups excluding carboxylic acids is 2. The van der Waals surface area contributed by atoms with Crippen molar-refractivity contribution in [2.75, 3.05) is 0 Å². The van der Waals surface area contributed by atoms with Crippen LogP contribution in [0.1, 0.15) is 27.2 Å². The molecule has 14 heavy (non-hydrogen) atoms. The van der Waals surface area contributed by atoms with Crippen LogP contribution in [-0.2, 0) is 9.59 Å². The van der Waals surface area contributed by atoms with E-state index < -0.39 is 6.10 Å². The monoisotopic (exact) mass is 197 g/mol. The molecule has 0 fully saturated rings. The third kappa shape index (κ3) is 1.70. The Labute approximate surface area is 83.2 Å². The van der Waals surface area contributed by atoms with E-state index in [-0.39, 0.29) is 23.4 Å². The normalized spacial score (nSPS) is 19.2. The Morgan fingerprint density at radius 2 is 2.00 bits per heavy atom. The van der Waals surface area contributed by atoms with Crippen molar-refractivity contribution in [1.82, 2.24) is 4.90 Å². The quantitative estimate of drug-likeness (QED) is 0.669. The molecule has 78 valence electrons. The fraction of sp³-hybridized carbons (Fsp3) is 0.600. The van der Waals surface area contributed by atoms with Gasteiger partial charge in [0.1, 0.15) is 0 Å². The first-order chi connectivity index (χ1) is 6.49. The summed E-state index contributed by atoms with van der Waals surface area (Å²) in [5.74, 6) is -0.688. The van der Waals surface area contributed by atoms with Crippen LogP contribution in [0.2, 0.25) is 0 Å². The van der Waals surface area contributed by atoms with Crippen molar-refractivity contribution in [2.24, 2.45) is 0 Å². The molecule has 0 saturated heterocycles. The second-order valence-corrected chi connectivity index (χ2v) is 3.63. The number of aliphatic hydroxyl groups is 1. The van der Waals surface area contributed by atoms with Crippen LogP contribution >= 0.6 is 0 Å². The van der Waals surface area contributed by atoms with Gasteiger partial charge in [-0.05, 0) is 20.3 Å². The lowest BCUT2D eigenvalue weighted by Crippen LogP contribution is -2.38. The summed E-state index contributed by atoms with van der Waals surface area (Å²) in [6.45, 7) is 5.30. The summed E-state index contributed by atoms with van der Waals surface area (Å²) in [5, 5.41) is 9.48. The Balaban J connectivity index is 2.90. The van der Waals surface area contributed by atoms with Gasteiger partial charge in [-0.2, -0.15) is 0 Å². The Hall–Kier alpha value is -1.16. The first-order valence-corrected chi connectivity index (χ1v) is 4.76. The molecule has 0 bridgehead atoms. The van der Waals surface area contributed by atoms with Crippen LogP contribution in [0.3, 0.4) is 0 Å². The molecule has 0 saturated carbocycles. The van der Waals surface area contributed by atoms with Gasteiger partial charge in [-0.3, -0.25) is 14.5 Å². The maximum Gasteiger partial charge on any atom is 0.259 e. The molecule has 1 atom stereocenters. The molecule has 0 aromatic rings. The number of amides is 2. The molecule has 4 heteroatoms. The predicted molar refractivity (Wildman–Crippen MR) is 51.4 cm³/mol. The molecule has 1 heterocycles. The lowest BCUT2D eigenvalue weighted by Gasteiger charge is -2.19. The summed E-state index contributed by atoms with van der Waals surface area (Å²) in [5.41, 5.74) is 0.214. The van der Waals surface area contributed by atoms with Crippen LogP contribution in [0.5, 0.6) is 0 Å². The number of rotatable bonds is 3. The summed E-state index contributed by atoms with van der Waals surface area (Å²) < 4.78 is 0. The van der Waals surface area contributed by atoms with E-state index in [0.717, 1.165) is 4.90 Å². The summed E-state index contributed by atoms with van der Waals surface area (Å²) in [6.07, 6.45) is 0.850. The smallest absolute Gasteiger partial charge is 0.259 e. The SMILES string of the molecule is CCC(O)C1=CC(=O)N(C(C)C)C1=O. The first-order valence-electron chi connectivity index (χ1n) is 4.76. The number of hydrogen-bond donors (Lipinski definition) is 1. The Morgan fingerprint density at radius 3 is 2.36 bits per heavy atom. The highest BCUT2D eigenvalue weighted by atomic mass is 16.3. The molecule has 0 aromatic carbocycles. The Morgan fingerprint density at radius 1 is 1.43 bits per heavy atom. The molecule has 4 nitrogen and oxygen atoms in total. The van der Waals surface area contributed by atoms with Crippen molar-refractivity contribution in [2.45, 2.75) is 39.3 Å². The summed E-state index contributed by atoms with van der Waals surface area (Å²) in [6, 6.07) is -0.159. The fourth-order valence-corrected chi connectivity index (χ4v) is 1.45. The van der Waals surface area contributed by atoms with Gasteiger partial charge >= 0.3 is 0 Å². The highest BCUT2D eigenvalue weighted by molar-refractivity contribution is 6.16. The Bertz CT molecular complexity index is 294. The molecule has 2 amide bonds. The van der Waals surface area contributed by atoms with E-state index in [1.807, 2.05) is 0 Å². The summed E-state index contributed by atoms with van der Waals surface area (Å²) >= 11 is 0. The van der Waals surface area contributed by atoms with Crippen LogP contribution in [0, 0.1) is 0 Å². The Kier molecular flexibility index (Phi) is 3.06. The molecule has 0 spiro atoms. The van der Waals surface area contributed by atoms with Crippen molar-refractivity contribution in [3.8, 4) is 0 Å². The van der Waals surface area contributed by atoms with Crippen LogP contribution in [0.15, 0.2) is 11.6 Å². The van der Waals surface area contributed by atoms with E-state index in [4.69, 9.17) is 0 Å². The maximum atomic E-state index is 11.6. The molecule has 1 aliphatic rings. The maximum absolute atomic E-state index is 11.6. The third-order valence-corrected chi connectivity index (χ3v) is 2.24. The zero-order valence-electron chi connectivity index (χ0n) is 8.65. The highest BCUT2D eigenvalue weighted by Gasteiger charge is 2.35. The molecule has 1 unspecified atom stereocenters. The molecule has 0 aromatic heterocycles. The third-order valence-electron chi connectivity index (χ3n) is 2.24. The van der Waals surface area contributed by atoms with Gasteiger partial charge in [0.25, 0.3) is 11.8 Å². The number of nitrogens with zero attached hydrogens (tertiary/aromatic N) is 1. The first kappa shape index (κ1) is 10.9. The minimum Gasteiger partial charge on any atom is -0.388 e. The molecule has 1 N–H and O–H groups in total. The number of carbonyl (C=O) groups is 2. The minimum absolute atomic E-state index is 0.159. The molecule has 1 rings (SSSR count). The lowest BCUT2D eigenvalue weighted by atomic mass is 10.1. The van der Waals surface area contributed by atoms with Gasteiger partial charge in [0.05, 0.1) is 11.7 Å². The lowest BCUT2D eigenvalue weighted by molar-refractivity contribution is -0.139. The predicted octanol–water partition coefficient (Wildman–Crippen LogP) is 0.461. The van der Waals surface area contributed by atoms with E-state index in [9.17, 15) is 14.7 Å². The van der Waals surface area contributed by atoms with Gasteiger partial charge in [-0.25, -0.2) is 0 Å². The van der Waals surface area contributed by atoms with Crippen molar-refractivity contribution in [3.63, 3.8) is 0 Å². The van der Waals surface area contributed by atoms with Gasteiger partial charge in [0, 0.05) is 12.1 Å². The molecular weight excluding hydrogens is 182 g/mol. The minimum atomic E-state index is -0.824. The van der Waals surface area contributed by atoms with Gasteiger partial charge in [0.15, 0.2) is 0 Å². The summed E-state index contributed by atoms with van der Waals surface area (Å²) in [7, 11) is 0. The average molecular weight is 197 g/mol. The van der Waals surface area contributed by atoms with Crippen LogP contribution in [0.25, 0.3) is 0 Å². The molecule has 0 radical (unpaired) electrons. The van der Waals surface area contributed by atoms with Crippen LogP contribution < -0.4 is 0 Å². The second kappa shape index (κ2) is 3.92. The van der Waals surface area contributed by atoms with Crippen molar-refractivity contribution in [3.05, 3.63) is 11.6 Å². The molecule has 0 aliphatic carbocycles. The highest BCUT2D eigenvalue weighted by Crippen LogP contribution is 2.19. The average Bonchev–Trinajstić information content (AvgIpc) is 2.40. The van der Waals surface area contributed by atoms with E-state index in [0.29, 0.717) is 6.42 Å². The van der Waals surface area contributed by atoms with E-state index in [2.05, 4.69) is 0 Å². The molecule has 1 aliphatic heterocycles. The molecular formula is C10H15NO3. The van der Waals surface area contributed by atoms with Gasteiger partial charge in [-0.1, -0.05) is 6.92 Å². The van der Waals surface area contributed by atoms with E-state index >= 15 is 0 Å². The second-order valence-electron chi connectivity index (χ2n) is 3.63. The topological polar surface area (TPSA) is 57.6 Å². The van der Waals surface area contributed by atoms with Crippen LogP contribution in [-0.4, -0.2) is 34.0 Å². The van der Waals surface area contributed by atoms with Crippen molar-refractivity contribution in [1.29, 1.82) is 0 Å². The zero-order valence-corrected chi connectivity index (χ0v) is 8.65. The number of hydrogen-bond acceptors (Lipinski definition) is 3. The van der Waals surface area contributed by atoms with Crippen molar-refractivity contribution < 1.29 is 14.7 Å². The standard InChI is InChI=1S/C10H15NO3/c1-4-8(12)7-5-9(13)11(6(2)3)10(7)14/h5-6,8,12H,4H2,1-3H3. The number of aliphatic hydroxyl groups excluding tert-OH is 1. The van der Waals surface area contributed by atoms with Crippen molar-refractivity contribution >= 4 is 11.8 Å². The van der Waals surface area contributed by atoms with Gasteiger partial charge in [-0.15, -0.1) is 0 Å².